The van der Waals surface area contributed by atoms with E-state index in [2.05, 4.69) is 47.3 Å². The van der Waals surface area contributed by atoms with Crippen LogP contribution in [0.3, 0.4) is 0 Å². The van der Waals surface area contributed by atoms with Crippen LogP contribution in [-0.4, -0.2) is 21.3 Å². The van der Waals surface area contributed by atoms with Crippen LogP contribution in [0.5, 0.6) is 0 Å². The van der Waals surface area contributed by atoms with E-state index in [4.69, 9.17) is 4.84 Å². The average molecular weight is 352 g/mol. The van der Waals surface area contributed by atoms with E-state index < -0.39 is 0 Å². The Morgan fingerprint density at radius 1 is 1.19 bits per heavy atom. The third kappa shape index (κ3) is 3.85. The molecule has 0 fully saturated rings. The molecule has 3 rings (SSSR count). The fourth-order valence-corrected chi connectivity index (χ4v) is 2.87. The molecule has 0 bridgehead atoms. The molecule has 26 heavy (non-hydrogen) atoms. The van der Waals surface area contributed by atoms with Crippen molar-refractivity contribution in [3.63, 3.8) is 0 Å². The van der Waals surface area contributed by atoms with E-state index in [1.165, 1.54) is 16.6 Å². The van der Waals surface area contributed by atoms with Crippen molar-refractivity contribution in [3.05, 3.63) is 63.8 Å². The van der Waals surface area contributed by atoms with Gasteiger partial charge in [-0.05, 0) is 25.8 Å². The van der Waals surface area contributed by atoms with Crippen LogP contribution in [0.25, 0.3) is 11.0 Å². The van der Waals surface area contributed by atoms with E-state index in [9.17, 15) is 4.79 Å². The molecule has 1 N–H and O–H groups in total. The summed E-state index contributed by atoms with van der Waals surface area (Å²) in [5.74, 6) is 0. The third-order valence-electron chi connectivity index (χ3n) is 4.23. The highest BCUT2D eigenvalue weighted by molar-refractivity contribution is 5.90. The second kappa shape index (κ2) is 7.99. The molecule has 0 atom stereocenters. The first-order valence-corrected chi connectivity index (χ1v) is 8.90. The summed E-state index contributed by atoms with van der Waals surface area (Å²) in [6, 6.07) is 9.82. The maximum atomic E-state index is 12.6. The summed E-state index contributed by atoms with van der Waals surface area (Å²) < 4.78 is 1.28. The Balaban J connectivity index is 1.98. The van der Waals surface area contributed by atoms with Gasteiger partial charge in [0.2, 0.25) is 0 Å². The van der Waals surface area contributed by atoms with Gasteiger partial charge in [0, 0.05) is 12.6 Å². The zero-order valence-corrected chi connectivity index (χ0v) is 15.5. The number of rotatable bonds is 7. The van der Waals surface area contributed by atoms with Crippen molar-refractivity contribution in [1.82, 2.24) is 14.7 Å². The monoisotopic (exact) mass is 352 g/mol. The van der Waals surface area contributed by atoms with Gasteiger partial charge in [-0.3, -0.25) is 4.79 Å². The fraction of sp³-hybridized carbons (Fsp3) is 0.350. The van der Waals surface area contributed by atoms with Crippen molar-refractivity contribution in [2.24, 2.45) is 0 Å². The van der Waals surface area contributed by atoms with Crippen LogP contribution < -0.4 is 15.7 Å². The number of unbranched alkanes of at least 4 members (excludes halogenated alkanes) is 1. The summed E-state index contributed by atoms with van der Waals surface area (Å²) in [7, 11) is 0. The van der Waals surface area contributed by atoms with Crippen LogP contribution in [0.15, 0.2) is 41.5 Å². The minimum atomic E-state index is -0.238. The summed E-state index contributed by atoms with van der Waals surface area (Å²) in [6.45, 7) is 7.14. The molecule has 0 aliphatic heterocycles. The molecule has 136 valence electrons. The van der Waals surface area contributed by atoms with Crippen molar-refractivity contribution in [2.45, 2.75) is 40.2 Å². The molecular formula is C20H24N4O2. The van der Waals surface area contributed by atoms with Gasteiger partial charge < -0.3 is 10.2 Å². The predicted octanol–water partition coefficient (Wildman–Crippen LogP) is 3.25. The maximum Gasteiger partial charge on any atom is 0.287 e. The number of benzene rings is 1. The van der Waals surface area contributed by atoms with Crippen LogP contribution in [0.2, 0.25) is 0 Å². The minimum Gasteiger partial charge on any atom is -0.409 e. The highest BCUT2D eigenvalue weighted by atomic mass is 16.7. The first-order chi connectivity index (χ1) is 12.6. The summed E-state index contributed by atoms with van der Waals surface area (Å²) in [5.41, 5.74) is 4.13. The number of pyridine rings is 1. The number of fused-ring (bicyclic) bond motifs is 1. The van der Waals surface area contributed by atoms with E-state index >= 15 is 0 Å². The van der Waals surface area contributed by atoms with Crippen molar-refractivity contribution in [2.75, 3.05) is 11.9 Å². The molecule has 0 saturated carbocycles. The van der Waals surface area contributed by atoms with Gasteiger partial charge in [0.15, 0.2) is 5.65 Å². The average Bonchev–Trinajstić information content (AvgIpc) is 2.62. The first kappa shape index (κ1) is 17.9. The van der Waals surface area contributed by atoms with Gasteiger partial charge in [-0.25, -0.2) is 9.97 Å². The van der Waals surface area contributed by atoms with E-state index in [1.807, 2.05) is 13.0 Å². The third-order valence-corrected chi connectivity index (χ3v) is 4.23. The van der Waals surface area contributed by atoms with Crippen LogP contribution in [0, 0.1) is 13.8 Å². The SMILES string of the molecule is CCCCOn1c(=O)cc(NCc2cccc(C)c2)c2c(C)ncnc21. The lowest BCUT2D eigenvalue weighted by Gasteiger charge is -2.15. The second-order valence-corrected chi connectivity index (χ2v) is 6.38. The Kier molecular flexibility index (Phi) is 5.51. The van der Waals surface area contributed by atoms with Crippen molar-refractivity contribution in [3.8, 4) is 0 Å². The van der Waals surface area contributed by atoms with Crippen molar-refractivity contribution >= 4 is 16.7 Å². The summed E-state index contributed by atoms with van der Waals surface area (Å²) in [4.78, 5) is 26.8. The Morgan fingerprint density at radius 3 is 2.81 bits per heavy atom. The van der Waals surface area contributed by atoms with Gasteiger partial charge >= 0.3 is 0 Å². The molecule has 2 aromatic heterocycles. The Bertz CT molecular complexity index is 966. The number of nitrogens with zero attached hydrogens (tertiary/aromatic N) is 3. The summed E-state index contributed by atoms with van der Waals surface area (Å²) in [6.07, 6.45) is 3.34. The highest BCUT2D eigenvalue weighted by Gasteiger charge is 2.14. The second-order valence-electron chi connectivity index (χ2n) is 6.38. The molecule has 0 aliphatic rings. The molecule has 0 radical (unpaired) electrons. The molecule has 3 aromatic rings. The molecule has 0 aliphatic carbocycles. The molecule has 0 amide bonds. The van der Waals surface area contributed by atoms with Gasteiger partial charge in [-0.1, -0.05) is 43.2 Å². The number of aryl methyl sites for hydroxylation is 2. The van der Waals surface area contributed by atoms with Crippen molar-refractivity contribution in [1.29, 1.82) is 0 Å². The lowest BCUT2D eigenvalue weighted by Crippen LogP contribution is -2.29. The van der Waals surface area contributed by atoms with Gasteiger partial charge in [0.1, 0.15) is 12.9 Å². The Labute approximate surface area is 152 Å². The smallest absolute Gasteiger partial charge is 0.287 e. The van der Waals surface area contributed by atoms with Crippen LogP contribution in [0.1, 0.15) is 36.6 Å². The molecule has 0 unspecified atom stereocenters. The van der Waals surface area contributed by atoms with E-state index in [1.54, 1.807) is 6.07 Å². The molecule has 2 heterocycles. The number of hydrogen-bond acceptors (Lipinski definition) is 5. The topological polar surface area (TPSA) is 69.0 Å². The number of hydrogen-bond donors (Lipinski definition) is 1. The molecular weight excluding hydrogens is 328 g/mol. The van der Waals surface area contributed by atoms with Crippen molar-refractivity contribution < 1.29 is 4.84 Å². The number of anilines is 1. The quantitative estimate of drug-likeness (QED) is 0.661. The lowest BCUT2D eigenvalue weighted by molar-refractivity contribution is 0.108. The molecule has 0 spiro atoms. The number of nitrogens with one attached hydrogen (secondary N) is 1. The van der Waals surface area contributed by atoms with Crippen LogP contribution >= 0.6 is 0 Å². The standard InChI is InChI=1S/C20H24N4O2/c1-4-5-9-26-24-18(25)11-17(19-15(3)22-13-23-20(19)24)21-12-16-8-6-7-14(2)10-16/h6-8,10-11,13,21H,4-5,9,12H2,1-3H3. The lowest BCUT2D eigenvalue weighted by atomic mass is 10.1. The zero-order chi connectivity index (χ0) is 18.5. The van der Waals surface area contributed by atoms with Gasteiger partial charge in [0.25, 0.3) is 5.56 Å². The predicted molar refractivity (Wildman–Crippen MR) is 103 cm³/mol. The Morgan fingerprint density at radius 2 is 2.04 bits per heavy atom. The van der Waals surface area contributed by atoms with E-state index in [0.717, 1.165) is 35.2 Å². The zero-order valence-electron chi connectivity index (χ0n) is 15.5. The Hall–Kier alpha value is -2.89. The van der Waals surface area contributed by atoms with Gasteiger partial charge in [-0.15, -0.1) is 4.73 Å². The largest absolute Gasteiger partial charge is 0.409 e. The molecule has 6 nitrogen and oxygen atoms in total. The number of aromatic nitrogens is 3. The highest BCUT2D eigenvalue weighted by Crippen LogP contribution is 2.22. The van der Waals surface area contributed by atoms with E-state index in [0.29, 0.717) is 18.8 Å². The first-order valence-electron chi connectivity index (χ1n) is 8.90. The maximum absolute atomic E-state index is 12.6. The molecule has 0 saturated heterocycles. The van der Waals surface area contributed by atoms with E-state index in [-0.39, 0.29) is 5.56 Å². The van der Waals surface area contributed by atoms with Crippen LogP contribution in [0.4, 0.5) is 5.69 Å². The van der Waals surface area contributed by atoms with Gasteiger partial charge in [-0.2, -0.15) is 0 Å². The minimum absolute atomic E-state index is 0.238. The normalized spacial score (nSPS) is 10.9. The van der Waals surface area contributed by atoms with Gasteiger partial charge in [0.05, 0.1) is 16.8 Å². The molecule has 6 heteroatoms. The summed E-state index contributed by atoms with van der Waals surface area (Å²) in [5, 5.41) is 4.16. The summed E-state index contributed by atoms with van der Waals surface area (Å²) >= 11 is 0. The van der Waals surface area contributed by atoms with Crippen LogP contribution in [-0.2, 0) is 6.54 Å². The fourth-order valence-electron chi connectivity index (χ4n) is 2.87. The molecule has 1 aromatic carbocycles.